The molecule has 1 atom stereocenters. The molecule has 0 amide bonds. The average molecular weight is 389 g/mol. The molecule has 3 heterocycles. The van der Waals surface area contributed by atoms with E-state index in [1.54, 1.807) is 6.20 Å². The van der Waals surface area contributed by atoms with Crippen LogP contribution in [0.15, 0.2) is 55.0 Å². The second-order valence-electron chi connectivity index (χ2n) is 7.44. The molecule has 5 rings (SSSR count). The lowest BCUT2D eigenvalue weighted by atomic mass is 9.83. The molecule has 1 aromatic carbocycles. The van der Waals surface area contributed by atoms with Crippen molar-refractivity contribution in [1.29, 1.82) is 0 Å². The molecule has 0 saturated carbocycles. The molecule has 1 aliphatic carbocycles. The molecule has 0 spiro atoms. The number of aryl methyl sites for hydroxylation is 1. The highest BCUT2D eigenvalue weighted by Gasteiger charge is 2.26. The Labute approximate surface area is 169 Å². The SMILES string of the molecule is CCC1CCc2c(c(-c3cccnc3)nc3c(-c4ccc(Cl)cc4)cnn23)C1. The van der Waals surface area contributed by atoms with E-state index in [-0.39, 0.29) is 0 Å². The Bertz CT molecular complexity index is 1130. The minimum Gasteiger partial charge on any atom is -0.264 e. The molecule has 0 saturated heterocycles. The van der Waals surface area contributed by atoms with Gasteiger partial charge >= 0.3 is 0 Å². The van der Waals surface area contributed by atoms with E-state index in [2.05, 4.69) is 18.0 Å². The van der Waals surface area contributed by atoms with Crippen LogP contribution in [0.2, 0.25) is 5.02 Å². The predicted molar refractivity (Wildman–Crippen MR) is 112 cm³/mol. The summed E-state index contributed by atoms with van der Waals surface area (Å²) in [5.74, 6) is 0.702. The fourth-order valence-electron chi connectivity index (χ4n) is 4.21. The highest BCUT2D eigenvalue weighted by Crippen LogP contribution is 2.36. The maximum Gasteiger partial charge on any atom is 0.163 e. The van der Waals surface area contributed by atoms with Crippen molar-refractivity contribution in [2.45, 2.75) is 32.6 Å². The third kappa shape index (κ3) is 2.89. The summed E-state index contributed by atoms with van der Waals surface area (Å²) < 4.78 is 2.05. The van der Waals surface area contributed by atoms with Crippen LogP contribution in [0.25, 0.3) is 28.0 Å². The van der Waals surface area contributed by atoms with Crippen LogP contribution in [0, 0.1) is 5.92 Å². The van der Waals surface area contributed by atoms with Crippen LogP contribution in [0.1, 0.15) is 31.0 Å². The number of halogens is 1. The predicted octanol–water partition coefficient (Wildman–Crippen LogP) is 5.63. The maximum absolute atomic E-state index is 6.08. The van der Waals surface area contributed by atoms with Crippen LogP contribution in [-0.4, -0.2) is 19.6 Å². The fraction of sp³-hybridized carbons (Fsp3) is 0.261. The van der Waals surface area contributed by atoms with Gasteiger partial charge in [0.05, 0.1) is 11.9 Å². The van der Waals surface area contributed by atoms with Gasteiger partial charge in [-0.1, -0.05) is 37.1 Å². The second kappa shape index (κ2) is 7.02. The topological polar surface area (TPSA) is 43.1 Å². The largest absolute Gasteiger partial charge is 0.264 e. The zero-order valence-corrected chi connectivity index (χ0v) is 16.5. The summed E-state index contributed by atoms with van der Waals surface area (Å²) >= 11 is 6.08. The lowest BCUT2D eigenvalue weighted by Gasteiger charge is -2.26. The zero-order valence-electron chi connectivity index (χ0n) is 15.8. The van der Waals surface area contributed by atoms with Gasteiger partial charge in [0.1, 0.15) is 0 Å². The van der Waals surface area contributed by atoms with Gasteiger partial charge in [0.25, 0.3) is 0 Å². The minimum absolute atomic E-state index is 0.702. The van der Waals surface area contributed by atoms with Crippen molar-refractivity contribution in [3.63, 3.8) is 0 Å². The molecule has 1 unspecified atom stereocenters. The van der Waals surface area contributed by atoms with Crippen LogP contribution in [0.4, 0.5) is 0 Å². The molecule has 140 valence electrons. The van der Waals surface area contributed by atoms with E-state index in [1.165, 1.54) is 24.1 Å². The van der Waals surface area contributed by atoms with Crippen molar-refractivity contribution in [3.05, 3.63) is 71.3 Å². The Hall–Kier alpha value is -2.72. The Morgan fingerprint density at radius 2 is 1.96 bits per heavy atom. The number of nitrogens with zero attached hydrogens (tertiary/aromatic N) is 4. The fourth-order valence-corrected chi connectivity index (χ4v) is 4.34. The molecule has 1 aliphatic rings. The number of fused-ring (bicyclic) bond motifs is 3. The first-order chi connectivity index (χ1) is 13.7. The standard InChI is InChI=1S/C23H21ClN4/c1-2-15-5-10-21-19(12-15)22(17-4-3-11-25-13-17)27-23-20(14-26-28(21)23)16-6-8-18(24)9-7-16/h3-4,6-9,11,13-15H,2,5,10,12H2,1H3. The van der Waals surface area contributed by atoms with Crippen molar-refractivity contribution < 1.29 is 0 Å². The van der Waals surface area contributed by atoms with Gasteiger partial charge in [0.15, 0.2) is 5.65 Å². The number of benzene rings is 1. The molecule has 0 radical (unpaired) electrons. The molecule has 3 aromatic heterocycles. The smallest absolute Gasteiger partial charge is 0.163 e. The molecule has 0 N–H and O–H groups in total. The molecular weight excluding hydrogens is 368 g/mol. The molecule has 5 heteroatoms. The lowest BCUT2D eigenvalue weighted by Crippen LogP contribution is -2.19. The van der Waals surface area contributed by atoms with Crippen LogP contribution in [-0.2, 0) is 12.8 Å². The first-order valence-electron chi connectivity index (χ1n) is 9.80. The minimum atomic E-state index is 0.702. The summed E-state index contributed by atoms with van der Waals surface area (Å²) in [6.07, 6.45) is 10.1. The van der Waals surface area contributed by atoms with E-state index in [1.807, 2.05) is 47.2 Å². The zero-order chi connectivity index (χ0) is 19.1. The number of hydrogen-bond acceptors (Lipinski definition) is 3. The molecule has 4 aromatic rings. The van der Waals surface area contributed by atoms with Crippen molar-refractivity contribution in [2.75, 3.05) is 0 Å². The second-order valence-corrected chi connectivity index (χ2v) is 7.88. The Kier molecular flexibility index (Phi) is 4.36. The van der Waals surface area contributed by atoms with Gasteiger partial charge in [0, 0.05) is 39.8 Å². The van der Waals surface area contributed by atoms with Crippen molar-refractivity contribution >= 4 is 17.2 Å². The van der Waals surface area contributed by atoms with Gasteiger partial charge in [-0.2, -0.15) is 5.10 Å². The first-order valence-corrected chi connectivity index (χ1v) is 10.2. The first kappa shape index (κ1) is 17.4. The molecular formula is C23H21ClN4. The van der Waals surface area contributed by atoms with E-state index in [0.717, 1.165) is 45.9 Å². The van der Waals surface area contributed by atoms with E-state index < -0.39 is 0 Å². The molecule has 0 bridgehead atoms. The summed E-state index contributed by atoms with van der Waals surface area (Å²) in [5.41, 5.74) is 7.73. The number of aromatic nitrogens is 4. The van der Waals surface area contributed by atoms with Gasteiger partial charge < -0.3 is 0 Å². The summed E-state index contributed by atoms with van der Waals surface area (Å²) in [6, 6.07) is 11.9. The third-order valence-corrected chi connectivity index (χ3v) is 6.05. The normalized spacial score (nSPS) is 16.3. The van der Waals surface area contributed by atoms with Gasteiger partial charge in [-0.25, -0.2) is 9.50 Å². The van der Waals surface area contributed by atoms with Crippen LogP contribution in [0.3, 0.4) is 0 Å². The van der Waals surface area contributed by atoms with Crippen molar-refractivity contribution in [1.82, 2.24) is 19.6 Å². The number of pyridine rings is 1. The monoisotopic (exact) mass is 388 g/mol. The summed E-state index contributed by atoms with van der Waals surface area (Å²) in [6.45, 7) is 2.28. The van der Waals surface area contributed by atoms with Gasteiger partial charge in [-0.05, 0) is 55.0 Å². The van der Waals surface area contributed by atoms with E-state index in [0.29, 0.717) is 5.92 Å². The van der Waals surface area contributed by atoms with Crippen LogP contribution in [0.5, 0.6) is 0 Å². The van der Waals surface area contributed by atoms with E-state index in [4.69, 9.17) is 21.7 Å². The van der Waals surface area contributed by atoms with Crippen LogP contribution >= 0.6 is 11.6 Å². The Morgan fingerprint density at radius 3 is 2.71 bits per heavy atom. The van der Waals surface area contributed by atoms with Gasteiger partial charge in [-0.3, -0.25) is 4.98 Å². The molecule has 0 aliphatic heterocycles. The maximum atomic E-state index is 6.08. The summed E-state index contributed by atoms with van der Waals surface area (Å²) in [5, 5.41) is 5.45. The van der Waals surface area contributed by atoms with Crippen molar-refractivity contribution in [3.8, 4) is 22.4 Å². The van der Waals surface area contributed by atoms with E-state index >= 15 is 0 Å². The van der Waals surface area contributed by atoms with Gasteiger partial charge in [-0.15, -0.1) is 0 Å². The Morgan fingerprint density at radius 1 is 1.11 bits per heavy atom. The van der Waals surface area contributed by atoms with Crippen LogP contribution < -0.4 is 0 Å². The molecule has 28 heavy (non-hydrogen) atoms. The Balaban J connectivity index is 1.77. The third-order valence-electron chi connectivity index (χ3n) is 5.80. The lowest BCUT2D eigenvalue weighted by molar-refractivity contribution is 0.435. The summed E-state index contributed by atoms with van der Waals surface area (Å²) in [7, 11) is 0. The van der Waals surface area contributed by atoms with Gasteiger partial charge in [0.2, 0.25) is 0 Å². The average Bonchev–Trinajstić information content (AvgIpc) is 3.18. The molecule has 4 nitrogen and oxygen atoms in total. The quantitative estimate of drug-likeness (QED) is 0.457. The van der Waals surface area contributed by atoms with E-state index in [9.17, 15) is 0 Å². The number of rotatable bonds is 3. The molecule has 0 fully saturated rings. The number of hydrogen-bond donors (Lipinski definition) is 0. The van der Waals surface area contributed by atoms with Crippen molar-refractivity contribution in [2.24, 2.45) is 5.92 Å². The summed E-state index contributed by atoms with van der Waals surface area (Å²) in [4.78, 5) is 9.44. The highest BCUT2D eigenvalue weighted by molar-refractivity contribution is 6.30. The highest BCUT2D eigenvalue weighted by atomic mass is 35.5.